The van der Waals surface area contributed by atoms with Crippen LogP contribution >= 0.6 is 31.9 Å². The fraction of sp³-hybridized carbons (Fsp3) is 0.286. The van der Waals surface area contributed by atoms with Gasteiger partial charge in [0.05, 0.1) is 10.7 Å². The molecule has 0 fully saturated rings. The van der Waals surface area contributed by atoms with Crippen molar-refractivity contribution in [3.05, 3.63) is 24.3 Å². The minimum Gasteiger partial charge on any atom is -0.481 e. The Kier molecular flexibility index (Phi) is 8.21. The van der Waals surface area contributed by atoms with Crippen molar-refractivity contribution in [2.45, 2.75) is 0 Å². The number of ether oxygens (including phenoxy) is 2. The molecule has 0 radical (unpaired) electrons. The number of rotatable bonds is 4. The summed E-state index contributed by atoms with van der Waals surface area (Å²) in [6, 6.07) is 7.40. The molecule has 4 heteroatoms. The summed E-state index contributed by atoms with van der Waals surface area (Å²) in [5.41, 5.74) is 0. The average molecular weight is 372 g/mol. The third kappa shape index (κ3) is 6.59. The molecular formula is C14H12Br2O2. The van der Waals surface area contributed by atoms with Crippen molar-refractivity contribution in [3.8, 4) is 35.2 Å². The minimum absolute atomic E-state index is 0.391. The average Bonchev–Trinajstić information content (AvgIpc) is 2.41. The number of halogens is 2. The Balaban J connectivity index is 2.37. The topological polar surface area (TPSA) is 18.5 Å². The van der Waals surface area contributed by atoms with E-state index < -0.39 is 0 Å². The molecule has 0 aliphatic rings. The summed E-state index contributed by atoms with van der Waals surface area (Å²) in [4.78, 5) is 0. The summed E-state index contributed by atoms with van der Waals surface area (Å²) < 4.78 is 10.8. The zero-order valence-electron chi connectivity index (χ0n) is 9.71. The Morgan fingerprint density at radius 1 is 0.722 bits per heavy atom. The smallest absolute Gasteiger partial charge is 0.149 e. The van der Waals surface area contributed by atoms with Gasteiger partial charge >= 0.3 is 0 Å². The Labute approximate surface area is 124 Å². The van der Waals surface area contributed by atoms with Crippen LogP contribution < -0.4 is 9.47 Å². The first-order chi connectivity index (χ1) is 8.86. The minimum atomic E-state index is 0.391. The lowest BCUT2D eigenvalue weighted by Crippen LogP contribution is -1.96. The molecule has 0 amide bonds. The van der Waals surface area contributed by atoms with Crippen molar-refractivity contribution in [2.75, 3.05) is 23.9 Å². The zero-order valence-corrected chi connectivity index (χ0v) is 12.9. The highest BCUT2D eigenvalue weighted by atomic mass is 79.9. The quantitative estimate of drug-likeness (QED) is 0.597. The van der Waals surface area contributed by atoms with Gasteiger partial charge in [0.1, 0.15) is 24.7 Å². The molecule has 0 aliphatic heterocycles. The molecule has 1 rings (SSSR count). The highest BCUT2D eigenvalue weighted by Crippen LogP contribution is 2.17. The first kappa shape index (κ1) is 15.0. The van der Waals surface area contributed by atoms with Crippen molar-refractivity contribution >= 4 is 31.9 Å². The van der Waals surface area contributed by atoms with Gasteiger partial charge in [-0.15, -0.1) is 0 Å². The molecule has 94 valence electrons. The van der Waals surface area contributed by atoms with Gasteiger partial charge in [-0.25, -0.2) is 0 Å². The van der Waals surface area contributed by atoms with Gasteiger partial charge < -0.3 is 9.47 Å². The van der Waals surface area contributed by atoms with E-state index in [1.807, 2.05) is 24.3 Å². The lowest BCUT2D eigenvalue weighted by atomic mass is 10.3. The predicted octanol–water partition coefficient (Wildman–Crippen LogP) is 3.24. The molecule has 0 saturated heterocycles. The maximum absolute atomic E-state index is 5.42. The molecule has 0 N–H and O–H groups in total. The fourth-order valence-electron chi connectivity index (χ4n) is 1.07. The maximum Gasteiger partial charge on any atom is 0.149 e. The summed E-state index contributed by atoms with van der Waals surface area (Å²) in [6.07, 6.45) is 0. The monoisotopic (exact) mass is 370 g/mol. The van der Waals surface area contributed by atoms with Gasteiger partial charge in [-0.05, 0) is 24.3 Å². The van der Waals surface area contributed by atoms with E-state index in [2.05, 4.69) is 55.5 Å². The Bertz CT molecular complexity index is 416. The normalized spacial score (nSPS) is 8.56. The Morgan fingerprint density at radius 3 is 1.44 bits per heavy atom. The van der Waals surface area contributed by atoms with Crippen LogP contribution in [0.1, 0.15) is 0 Å². The van der Waals surface area contributed by atoms with Crippen molar-refractivity contribution in [1.82, 2.24) is 0 Å². The summed E-state index contributed by atoms with van der Waals surface area (Å²) >= 11 is 6.44. The van der Waals surface area contributed by atoms with Gasteiger partial charge in [0.25, 0.3) is 0 Å². The molecule has 1 aromatic rings. The van der Waals surface area contributed by atoms with E-state index in [9.17, 15) is 0 Å². The number of hydrogen-bond acceptors (Lipinski definition) is 2. The molecule has 0 atom stereocenters. The molecule has 0 unspecified atom stereocenters. The van der Waals surface area contributed by atoms with Crippen LogP contribution in [0, 0.1) is 23.7 Å². The van der Waals surface area contributed by atoms with E-state index in [1.165, 1.54) is 0 Å². The van der Waals surface area contributed by atoms with Crippen molar-refractivity contribution in [1.29, 1.82) is 0 Å². The predicted molar refractivity (Wildman–Crippen MR) is 80.6 cm³/mol. The van der Waals surface area contributed by atoms with E-state index in [0.29, 0.717) is 23.9 Å². The largest absolute Gasteiger partial charge is 0.481 e. The van der Waals surface area contributed by atoms with Gasteiger partial charge in [0, 0.05) is 0 Å². The van der Waals surface area contributed by atoms with E-state index in [1.54, 1.807) is 0 Å². The van der Waals surface area contributed by atoms with Crippen LogP contribution in [0.25, 0.3) is 0 Å². The second-order valence-corrected chi connectivity index (χ2v) is 4.14. The standard InChI is InChI=1S/C14H12Br2O2/c15-9-1-3-11-17-13-5-7-14(8-6-13)18-12-4-2-10-16/h5-8H,9-12H2. The summed E-state index contributed by atoms with van der Waals surface area (Å²) in [6.45, 7) is 0.783. The van der Waals surface area contributed by atoms with Crippen LogP contribution in [0.4, 0.5) is 0 Å². The van der Waals surface area contributed by atoms with Crippen LogP contribution in [-0.2, 0) is 0 Å². The maximum atomic E-state index is 5.42. The van der Waals surface area contributed by atoms with Gasteiger partial charge in [-0.2, -0.15) is 0 Å². The second-order valence-electron chi connectivity index (χ2n) is 3.02. The lowest BCUT2D eigenvalue weighted by Gasteiger charge is -2.04. The second kappa shape index (κ2) is 9.88. The number of alkyl halides is 2. The molecule has 0 bridgehead atoms. The molecule has 0 aliphatic carbocycles. The number of benzene rings is 1. The van der Waals surface area contributed by atoms with E-state index in [0.717, 1.165) is 11.5 Å². The lowest BCUT2D eigenvalue weighted by molar-refractivity contribution is 0.359. The van der Waals surface area contributed by atoms with Crippen molar-refractivity contribution < 1.29 is 9.47 Å². The Morgan fingerprint density at radius 2 is 1.11 bits per heavy atom. The van der Waals surface area contributed by atoms with Crippen LogP contribution in [0.2, 0.25) is 0 Å². The van der Waals surface area contributed by atoms with Gasteiger partial charge in [-0.3, -0.25) is 0 Å². The van der Waals surface area contributed by atoms with E-state index in [4.69, 9.17) is 9.47 Å². The van der Waals surface area contributed by atoms with Gasteiger partial charge in [0.2, 0.25) is 0 Å². The summed E-state index contributed by atoms with van der Waals surface area (Å²) in [5, 5.41) is 1.33. The number of hydrogen-bond donors (Lipinski definition) is 0. The molecule has 1 aromatic carbocycles. The summed E-state index contributed by atoms with van der Waals surface area (Å²) in [5.74, 6) is 13.0. The van der Waals surface area contributed by atoms with Crippen LogP contribution in [0.15, 0.2) is 24.3 Å². The first-order valence-corrected chi connectivity index (χ1v) is 7.50. The third-order valence-corrected chi connectivity index (χ3v) is 2.39. The first-order valence-electron chi connectivity index (χ1n) is 5.26. The highest BCUT2D eigenvalue weighted by molar-refractivity contribution is 9.09. The summed E-state index contributed by atoms with van der Waals surface area (Å²) in [7, 11) is 0. The molecular weight excluding hydrogens is 360 g/mol. The van der Waals surface area contributed by atoms with Gasteiger partial charge in [0.15, 0.2) is 0 Å². The molecule has 0 spiro atoms. The van der Waals surface area contributed by atoms with Crippen LogP contribution in [0.3, 0.4) is 0 Å². The van der Waals surface area contributed by atoms with E-state index in [-0.39, 0.29) is 0 Å². The SMILES string of the molecule is BrCC#CCOc1ccc(OCC#CCBr)cc1. The molecule has 2 nitrogen and oxygen atoms in total. The highest BCUT2D eigenvalue weighted by Gasteiger charge is 1.94. The third-order valence-electron chi connectivity index (χ3n) is 1.83. The van der Waals surface area contributed by atoms with Crippen molar-refractivity contribution in [2.24, 2.45) is 0 Å². The molecule has 18 heavy (non-hydrogen) atoms. The van der Waals surface area contributed by atoms with E-state index >= 15 is 0 Å². The van der Waals surface area contributed by atoms with Crippen molar-refractivity contribution in [3.63, 3.8) is 0 Å². The van der Waals surface area contributed by atoms with Crippen LogP contribution in [-0.4, -0.2) is 23.9 Å². The van der Waals surface area contributed by atoms with Gasteiger partial charge in [-0.1, -0.05) is 55.5 Å². The fourth-order valence-corrected chi connectivity index (χ4v) is 1.46. The van der Waals surface area contributed by atoms with Crippen LogP contribution in [0.5, 0.6) is 11.5 Å². The molecule has 0 saturated carbocycles. The zero-order chi connectivity index (χ0) is 13.1. The molecule has 0 heterocycles. The Hall–Kier alpha value is -1.10. The molecule has 0 aromatic heterocycles.